The smallest absolute Gasteiger partial charge is 0.271 e. The van der Waals surface area contributed by atoms with Gasteiger partial charge in [-0.05, 0) is 0 Å². The molecule has 0 saturated carbocycles. The van der Waals surface area contributed by atoms with E-state index in [-0.39, 0.29) is 19.1 Å². The molecule has 0 atom stereocenters. The SMILES string of the molecule is Cn1nncc1C(=O)NCCO. The Balaban J connectivity index is 2.59. The van der Waals surface area contributed by atoms with E-state index >= 15 is 0 Å². The monoisotopic (exact) mass is 170 g/mol. The Bertz CT molecular complexity index is 270. The summed E-state index contributed by atoms with van der Waals surface area (Å²) in [6.45, 7) is 0.168. The number of aromatic nitrogens is 3. The highest BCUT2D eigenvalue weighted by Crippen LogP contribution is 1.91. The highest BCUT2D eigenvalue weighted by Gasteiger charge is 2.08. The summed E-state index contributed by atoms with van der Waals surface area (Å²) in [5, 5.41) is 18.0. The van der Waals surface area contributed by atoms with Gasteiger partial charge >= 0.3 is 0 Å². The van der Waals surface area contributed by atoms with Crippen LogP contribution in [0.15, 0.2) is 6.20 Å². The molecule has 66 valence electrons. The van der Waals surface area contributed by atoms with Crippen LogP contribution in [0, 0.1) is 0 Å². The molecule has 1 aromatic rings. The van der Waals surface area contributed by atoms with Crippen LogP contribution in [0.5, 0.6) is 0 Å². The molecule has 0 bridgehead atoms. The summed E-state index contributed by atoms with van der Waals surface area (Å²) in [6, 6.07) is 0. The summed E-state index contributed by atoms with van der Waals surface area (Å²) in [5.74, 6) is -0.281. The van der Waals surface area contributed by atoms with E-state index in [4.69, 9.17) is 5.11 Å². The van der Waals surface area contributed by atoms with Crippen molar-refractivity contribution in [1.29, 1.82) is 0 Å². The summed E-state index contributed by atoms with van der Waals surface area (Å²) >= 11 is 0. The van der Waals surface area contributed by atoms with Crippen LogP contribution < -0.4 is 5.32 Å². The molecule has 0 aromatic carbocycles. The Labute approximate surface area is 69.2 Å². The first kappa shape index (κ1) is 8.66. The quantitative estimate of drug-likeness (QED) is 0.580. The van der Waals surface area contributed by atoms with Gasteiger partial charge in [-0.25, -0.2) is 4.68 Å². The highest BCUT2D eigenvalue weighted by atomic mass is 16.3. The first-order chi connectivity index (χ1) is 5.75. The molecule has 6 heteroatoms. The Morgan fingerprint density at radius 3 is 3.08 bits per heavy atom. The molecular formula is C6H10N4O2. The molecule has 1 amide bonds. The molecule has 0 spiro atoms. The van der Waals surface area contributed by atoms with Crippen molar-refractivity contribution in [3.05, 3.63) is 11.9 Å². The fourth-order valence-electron chi connectivity index (χ4n) is 0.755. The zero-order valence-electron chi connectivity index (χ0n) is 6.69. The minimum Gasteiger partial charge on any atom is -0.395 e. The van der Waals surface area contributed by atoms with Crippen molar-refractivity contribution >= 4 is 5.91 Å². The molecule has 12 heavy (non-hydrogen) atoms. The number of aryl methyl sites for hydroxylation is 1. The molecule has 0 radical (unpaired) electrons. The summed E-state index contributed by atoms with van der Waals surface area (Å²) < 4.78 is 1.37. The van der Waals surface area contributed by atoms with Crippen LogP contribution in [0.4, 0.5) is 0 Å². The van der Waals surface area contributed by atoms with Crippen molar-refractivity contribution in [3.63, 3.8) is 0 Å². The lowest BCUT2D eigenvalue weighted by atomic mass is 10.4. The molecule has 0 aliphatic carbocycles. The second kappa shape index (κ2) is 3.82. The maximum Gasteiger partial charge on any atom is 0.271 e. The van der Waals surface area contributed by atoms with Crippen LogP contribution in [0.3, 0.4) is 0 Å². The molecule has 0 aliphatic rings. The predicted molar refractivity (Wildman–Crippen MR) is 40.4 cm³/mol. The van der Waals surface area contributed by atoms with E-state index in [0.717, 1.165) is 0 Å². The van der Waals surface area contributed by atoms with Crippen LogP contribution in [0.2, 0.25) is 0 Å². The second-order valence-electron chi connectivity index (χ2n) is 2.22. The highest BCUT2D eigenvalue weighted by molar-refractivity contribution is 5.92. The van der Waals surface area contributed by atoms with Crippen molar-refractivity contribution in [3.8, 4) is 0 Å². The van der Waals surface area contributed by atoms with E-state index in [2.05, 4.69) is 15.6 Å². The van der Waals surface area contributed by atoms with Gasteiger partial charge in [0.15, 0.2) is 0 Å². The first-order valence-electron chi connectivity index (χ1n) is 3.49. The van der Waals surface area contributed by atoms with Crippen LogP contribution in [-0.4, -0.2) is 39.2 Å². The zero-order valence-corrected chi connectivity index (χ0v) is 6.69. The minimum atomic E-state index is -0.281. The van der Waals surface area contributed by atoms with Gasteiger partial charge in [0.05, 0.1) is 12.8 Å². The fraction of sp³-hybridized carbons (Fsp3) is 0.500. The van der Waals surface area contributed by atoms with Crippen molar-refractivity contribution in [2.75, 3.05) is 13.2 Å². The van der Waals surface area contributed by atoms with Gasteiger partial charge < -0.3 is 10.4 Å². The number of nitrogens with one attached hydrogen (secondary N) is 1. The van der Waals surface area contributed by atoms with E-state index in [1.807, 2.05) is 0 Å². The third kappa shape index (κ3) is 1.79. The third-order valence-corrected chi connectivity index (χ3v) is 1.34. The van der Waals surface area contributed by atoms with Gasteiger partial charge in [-0.15, -0.1) is 5.10 Å². The van der Waals surface area contributed by atoms with Crippen molar-refractivity contribution in [2.24, 2.45) is 7.05 Å². The molecule has 0 aliphatic heterocycles. The molecule has 6 nitrogen and oxygen atoms in total. The van der Waals surface area contributed by atoms with Crippen molar-refractivity contribution in [2.45, 2.75) is 0 Å². The molecule has 1 rings (SSSR count). The third-order valence-electron chi connectivity index (χ3n) is 1.34. The average Bonchev–Trinajstić information content (AvgIpc) is 2.47. The normalized spacial score (nSPS) is 9.83. The predicted octanol–water partition coefficient (Wildman–Crippen LogP) is -1.46. The Morgan fingerprint density at radius 1 is 1.83 bits per heavy atom. The van der Waals surface area contributed by atoms with Crippen molar-refractivity contribution < 1.29 is 9.90 Å². The Morgan fingerprint density at radius 2 is 2.58 bits per heavy atom. The average molecular weight is 170 g/mol. The summed E-state index contributed by atoms with van der Waals surface area (Å²) in [6.07, 6.45) is 1.37. The van der Waals surface area contributed by atoms with Gasteiger partial charge in [-0.2, -0.15) is 0 Å². The zero-order chi connectivity index (χ0) is 8.97. The van der Waals surface area contributed by atoms with E-state index in [1.165, 1.54) is 10.9 Å². The molecule has 1 heterocycles. The number of hydrogen-bond acceptors (Lipinski definition) is 4. The summed E-state index contributed by atoms with van der Waals surface area (Å²) in [4.78, 5) is 11.2. The second-order valence-corrected chi connectivity index (χ2v) is 2.22. The summed E-state index contributed by atoms with van der Waals surface area (Å²) in [5.41, 5.74) is 0.378. The van der Waals surface area contributed by atoms with Crippen molar-refractivity contribution in [1.82, 2.24) is 20.3 Å². The van der Waals surface area contributed by atoms with Crippen LogP contribution in [0.25, 0.3) is 0 Å². The number of carbonyl (C=O) groups excluding carboxylic acids is 1. The lowest BCUT2D eigenvalue weighted by Crippen LogP contribution is -2.28. The molecular weight excluding hydrogens is 160 g/mol. The minimum absolute atomic E-state index is 0.0724. The Hall–Kier alpha value is -1.43. The standard InChI is InChI=1S/C6H10N4O2/c1-10-5(4-8-9-10)6(12)7-2-3-11/h4,11H,2-3H2,1H3,(H,7,12). The lowest BCUT2D eigenvalue weighted by molar-refractivity contribution is 0.0935. The van der Waals surface area contributed by atoms with Gasteiger partial charge in [-0.3, -0.25) is 4.79 Å². The summed E-state index contributed by atoms with van der Waals surface area (Å²) in [7, 11) is 1.63. The van der Waals surface area contributed by atoms with E-state index in [1.54, 1.807) is 7.05 Å². The van der Waals surface area contributed by atoms with E-state index < -0.39 is 0 Å². The Kier molecular flexibility index (Phi) is 2.76. The first-order valence-corrected chi connectivity index (χ1v) is 3.49. The number of nitrogens with zero attached hydrogens (tertiary/aromatic N) is 3. The van der Waals surface area contributed by atoms with Gasteiger partial charge in [0.25, 0.3) is 5.91 Å². The number of rotatable bonds is 3. The molecule has 2 N–H and O–H groups in total. The maximum absolute atomic E-state index is 11.2. The number of aliphatic hydroxyl groups excluding tert-OH is 1. The largest absolute Gasteiger partial charge is 0.395 e. The molecule has 0 fully saturated rings. The molecule has 1 aromatic heterocycles. The van der Waals surface area contributed by atoms with Gasteiger partial charge in [0, 0.05) is 13.6 Å². The fourth-order valence-corrected chi connectivity index (χ4v) is 0.755. The maximum atomic E-state index is 11.2. The number of amides is 1. The van der Waals surface area contributed by atoms with Gasteiger partial charge in [0.2, 0.25) is 0 Å². The van der Waals surface area contributed by atoms with Gasteiger partial charge in [-0.1, -0.05) is 5.21 Å². The van der Waals surface area contributed by atoms with E-state index in [0.29, 0.717) is 5.69 Å². The van der Waals surface area contributed by atoms with Gasteiger partial charge in [0.1, 0.15) is 5.69 Å². The topological polar surface area (TPSA) is 80.0 Å². The van der Waals surface area contributed by atoms with E-state index in [9.17, 15) is 4.79 Å². The number of aliphatic hydroxyl groups is 1. The number of carbonyl (C=O) groups is 1. The van der Waals surface area contributed by atoms with Crippen LogP contribution >= 0.6 is 0 Å². The molecule has 0 saturated heterocycles. The van der Waals surface area contributed by atoms with Crippen LogP contribution in [-0.2, 0) is 7.05 Å². The molecule has 0 unspecified atom stereocenters. The number of hydrogen-bond donors (Lipinski definition) is 2. The lowest BCUT2D eigenvalue weighted by Gasteiger charge is -2.00. The van der Waals surface area contributed by atoms with Crippen LogP contribution in [0.1, 0.15) is 10.5 Å².